The molecule has 0 unspecified atom stereocenters. The van der Waals surface area contributed by atoms with E-state index >= 15 is 0 Å². The Morgan fingerprint density at radius 1 is 1.37 bits per heavy atom. The topological polar surface area (TPSA) is 85.1 Å². The highest BCUT2D eigenvalue weighted by atomic mass is 19.1. The first-order valence-corrected chi connectivity index (χ1v) is 5.55. The van der Waals surface area contributed by atoms with E-state index in [4.69, 9.17) is 10.6 Å². The first kappa shape index (κ1) is 13.0. The van der Waals surface area contributed by atoms with E-state index in [2.05, 4.69) is 20.7 Å². The molecule has 1 heterocycles. The molecule has 0 aliphatic carbocycles. The molecular formula is C12H14FN5O. The molecule has 0 bridgehead atoms. The van der Waals surface area contributed by atoms with Crippen LogP contribution in [0, 0.1) is 12.7 Å². The lowest BCUT2D eigenvalue weighted by Crippen LogP contribution is -2.12. The predicted molar refractivity (Wildman–Crippen MR) is 70.8 cm³/mol. The molecule has 19 heavy (non-hydrogen) atoms. The molecule has 0 amide bonds. The number of aromatic nitrogens is 2. The van der Waals surface area contributed by atoms with Crippen LogP contribution >= 0.6 is 0 Å². The SMILES string of the molecule is COc1ccc(C)cc1Nc1nc(NN)ncc1F. The van der Waals surface area contributed by atoms with Crippen molar-refractivity contribution in [2.24, 2.45) is 5.84 Å². The minimum atomic E-state index is -0.581. The van der Waals surface area contributed by atoms with E-state index in [1.54, 1.807) is 13.2 Å². The highest BCUT2D eigenvalue weighted by Crippen LogP contribution is 2.28. The summed E-state index contributed by atoms with van der Waals surface area (Å²) < 4.78 is 18.8. The highest BCUT2D eigenvalue weighted by molar-refractivity contribution is 5.65. The van der Waals surface area contributed by atoms with E-state index < -0.39 is 5.82 Å². The number of nitrogens with zero attached hydrogens (tertiary/aromatic N) is 2. The van der Waals surface area contributed by atoms with Crippen LogP contribution in [0.1, 0.15) is 5.56 Å². The maximum atomic E-state index is 13.6. The van der Waals surface area contributed by atoms with Crippen LogP contribution < -0.4 is 21.3 Å². The Kier molecular flexibility index (Phi) is 3.76. The highest BCUT2D eigenvalue weighted by Gasteiger charge is 2.10. The zero-order chi connectivity index (χ0) is 13.8. The number of rotatable bonds is 4. The monoisotopic (exact) mass is 263 g/mol. The van der Waals surface area contributed by atoms with Crippen molar-refractivity contribution in [2.45, 2.75) is 6.92 Å². The summed E-state index contributed by atoms with van der Waals surface area (Å²) in [6, 6.07) is 5.52. The van der Waals surface area contributed by atoms with Crippen molar-refractivity contribution in [1.29, 1.82) is 0 Å². The molecule has 2 rings (SSSR count). The molecule has 0 saturated heterocycles. The second kappa shape index (κ2) is 5.49. The average Bonchev–Trinajstić information content (AvgIpc) is 2.41. The van der Waals surface area contributed by atoms with Crippen LogP contribution in [0.3, 0.4) is 0 Å². The normalized spacial score (nSPS) is 10.1. The molecule has 0 radical (unpaired) electrons. The fraction of sp³-hybridized carbons (Fsp3) is 0.167. The van der Waals surface area contributed by atoms with E-state index in [9.17, 15) is 4.39 Å². The maximum absolute atomic E-state index is 13.6. The van der Waals surface area contributed by atoms with Gasteiger partial charge in [0.1, 0.15) is 5.75 Å². The van der Waals surface area contributed by atoms with Gasteiger partial charge < -0.3 is 10.1 Å². The second-order valence-corrected chi connectivity index (χ2v) is 3.86. The molecule has 7 heteroatoms. The van der Waals surface area contributed by atoms with Crippen molar-refractivity contribution in [1.82, 2.24) is 9.97 Å². The lowest BCUT2D eigenvalue weighted by molar-refractivity contribution is 0.416. The molecule has 1 aromatic heterocycles. The minimum absolute atomic E-state index is 0.0202. The molecular weight excluding hydrogens is 249 g/mol. The van der Waals surface area contributed by atoms with Crippen LogP contribution in [-0.4, -0.2) is 17.1 Å². The van der Waals surface area contributed by atoms with Crippen molar-refractivity contribution in [3.8, 4) is 5.75 Å². The van der Waals surface area contributed by atoms with Gasteiger partial charge in [-0.25, -0.2) is 15.2 Å². The Morgan fingerprint density at radius 2 is 2.16 bits per heavy atom. The van der Waals surface area contributed by atoms with Gasteiger partial charge in [0.15, 0.2) is 11.6 Å². The van der Waals surface area contributed by atoms with E-state index in [-0.39, 0.29) is 11.8 Å². The summed E-state index contributed by atoms with van der Waals surface area (Å²) in [5.74, 6) is 5.34. The van der Waals surface area contributed by atoms with Crippen LogP contribution in [-0.2, 0) is 0 Å². The fourth-order valence-electron chi connectivity index (χ4n) is 1.57. The predicted octanol–water partition coefficient (Wildman–Crippen LogP) is 1.96. The number of methoxy groups -OCH3 is 1. The van der Waals surface area contributed by atoms with Crippen molar-refractivity contribution >= 4 is 17.5 Å². The summed E-state index contributed by atoms with van der Waals surface area (Å²) in [7, 11) is 1.54. The number of hydrazine groups is 1. The van der Waals surface area contributed by atoms with Crippen LogP contribution in [0.5, 0.6) is 5.75 Å². The fourth-order valence-corrected chi connectivity index (χ4v) is 1.57. The summed E-state index contributed by atoms with van der Waals surface area (Å²) in [6.07, 6.45) is 1.03. The van der Waals surface area contributed by atoms with E-state index in [0.717, 1.165) is 11.8 Å². The zero-order valence-electron chi connectivity index (χ0n) is 10.6. The number of benzene rings is 1. The van der Waals surface area contributed by atoms with Gasteiger partial charge in [-0.15, -0.1) is 0 Å². The lowest BCUT2D eigenvalue weighted by atomic mass is 10.2. The molecule has 0 atom stereocenters. The van der Waals surface area contributed by atoms with E-state index in [0.29, 0.717) is 11.4 Å². The van der Waals surface area contributed by atoms with Crippen LogP contribution in [0.15, 0.2) is 24.4 Å². The molecule has 1 aromatic carbocycles. The molecule has 4 N–H and O–H groups in total. The smallest absolute Gasteiger partial charge is 0.239 e. The van der Waals surface area contributed by atoms with Crippen molar-refractivity contribution < 1.29 is 9.13 Å². The molecule has 2 aromatic rings. The number of anilines is 3. The van der Waals surface area contributed by atoms with Crippen LogP contribution in [0.2, 0.25) is 0 Å². The third kappa shape index (κ3) is 2.89. The Bertz CT molecular complexity index is 590. The first-order valence-electron chi connectivity index (χ1n) is 5.55. The van der Waals surface area contributed by atoms with Gasteiger partial charge in [-0.2, -0.15) is 4.98 Å². The molecule has 0 saturated carbocycles. The van der Waals surface area contributed by atoms with Crippen molar-refractivity contribution in [2.75, 3.05) is 17.9 Å². The maximum Gasteiger partial charge on any atom is 0.239 e. The van der Waals surface area contributed by atoms with Gasteiger partial charge in [0, 0.05) is 0 Å². The quantitative estimate of drug-likeness (QED) is 0.577. The summed E-state index contributed by atoms with van der Waals surface area (Å²) in [5, 5.41) is 2.86. The third-order valence-electron chi connectivity index (χ3n) is 2.48. The number of ether oxygens (including phenoxy) is 1. The number of nitrogen functional groups attached to an aromatic ring is 1. The van der Waals surface area contributed by atoms with Gasteiger partial charge in [-0.1, -0.05) is 6.07 Å². The molecule has 0 aliphatic rings. The Labute approximate surface area is 109 Å². The van der Waals surface area contributed by atoms with Crippen molar-refractivity contribution in [3.05, 3.63) is 35.8 Å². The molecule has 0 fully saturated rings. The number of halogens is 1. The number of aryl methyl sites for hydroxylation is 1. The van der Waals surface area contributed by atoms with Gasteiger partial charge in [-0.3, -0.25) is 5.43 Å². The Hall–Kier alpha value is -2.41. The zero-order valence-corrected chi connectivity index (χ0v) is 10.6. The summed E-state index contributed by atoms with van der Waals surface area (Å²) >= 11 is 0. The third-order valence-corrected chi connectivity index (χ3v) is 2.48. The number of hydrogen-bond donors (Lipinski definition) is 3. The standard InChI is InChI=1S/C12H14FN5O/c1-7-3-4-10(19-2)9(5-7)16-11-8(13)6-15-12(17-11)18-14/h3-6H,14H2,1-2H3,(H2,15,16,17,18). The average molecular weight is 263 g/mol. The molecule has 0 aliphatic heterocycles. The van der Waals surface area contributed by atoms with E-state index in [1.807, 2.05) is 19.1 Å². The summed E-state index contributed by atoms with van der Waals surface area (Å²) in [4.78, 5) is 7.57. The van der Waals surface area contributed by atoms with Gasteiger partial charge in [0.2, 0.25) is 5.95 Å². The lowest BCUT2D eigenvalue weighted by Gasteiger charge is -2.12. The molecule has 0 spiro atoms. The number of nitrogens with two attached hydrogens (primary N) is 1. The number of nitrogens with one attached hydrogen (secondary N) is 2. The summed E-state index contributed by atoms with van der Waals surface area (Å²) in [6.45, 7) is 1.92. The molecule has 6 nitrogen and oxygen atoms in total. The minimum Gasteiger partial charge on any atom is -0.495 e. The van der Waals surface area contributed by atoms with Gasteiger partial charge in [-0.05, 0) is 24.6 Å². The van der Waals surface area contributed by atoms with E-state index in [1.165, 1.54) is 0 Å². The largest absolute Gasteiger partial charge is 0.495 e. The molecule has 100 valence electrons. The number of hydrogen-bond acceptors (Lipinski definition) is 6. The Balaban J connectivity index is 2.37. The van der Waals surface area contributed by atoms with Gasteiger partial charge in [0.25, 0.3) is 0 Å². The van der Waals surface area contributed by atoms with Crippen LogP contribution in [0.4, 0.5) is 21.8 Å². The first-order chi connectivity index (χ1) is 9.13. The van der Waals surface area contributed by atoms with Gasteiger partial charge in [0.05, 0.1) is 19.0 Å². The van der Waals surface area contributed by atoms with Crippen LogP contribution in [0.25, 0.3) is 0 Å². The van der Waals surface area contributed by atoms with Gasteiger partial charge >= 0.3 is 0 Å². The van der Waals surface area contributed by atoms with Crippen molar-refractivity contribution in [3.63, 3.8) is 0 Å². The Morgan fingerprint density at radius 3 is 2.84 bits per heavy atom. The summed E-state index contributed by atoms with van der Waals surface area (Å²) in [5.41, 5.74) is 3.88. The second-order valence-electron chi connectivity index (χ2n) is 3.86.